The molecule has 1 atom stereocenters. The summed E-state index contributed by atoms with van der Waals surface area (Å²) in [5.74, 6) is 0.410. The van der Waals surface area contributed by atoms with Crippen LogP contribution in [0.4, 0.5) is 0 Å². The van der Waals surface area contributed by atoms with Crippen LogP contribution < -0.4 is 19.5 Å². The largest absolute Gasteiger partial charge is 0.493 e. The average molecular weight is 401 g/mol. The van der Waals surface area contributed by atoms with E-state index in [9.17, 15) is 9.59 Å². The number of dihydropyridines is 1. The lowest BCUT2D eigenvalue weighted by Gasteiger charge is -2.34. The number of hydrogen-bond donors (Lipinski definition) is 1. The van der Waals surface area contributed by atoms with Gasteiger partial charge in [-0.15, -0.1) is 0 Å². The van der Waals surface area contributed by atoms with Gasteiger partial charge in [0.1, 0.15) is 0 Å². The number of methoxy groups -OCH3 is 3. The molecule has 0 unspecified atom stereocenters. The van der Waals surface area contributed by atoms with Gasteiger partial charge in [-0.1, -0.05) is 0 Å². The molecule has 0 saturated heterocycles. The molecule has 1 aromatic rings. The minimum absolute atomic E-state index is 0.0341. The lowest BCUT2D eigenvalue weighted by atomic mass is 9.75. The Morgan fingerprint density at radius 3 is 2.31 bits per heavy atom. The van der Waals surface area contributed by atoms with Crippen LogP contribution in [0.25, 0.3) is 0 Å². The highest BCUT2D eigenvalue weighted by Gasteiger charge is 2.39. The van der Waals surface area contributed by atoms with E-state index in [4.69, 9.17) is 18.9 Å². The summed E-state index contributed by atoms with van der Waals surface area (Å²) >= 11 is 0. The summed E-state index contributed by atoms with van der Waals surface area (Å²) in [6, 6.07) is 3.58. The fraction of sp³-hybridized carbons (Fsp3) is 0.455. The number of carbonyl (C=O) groups excluding carboxylic acids is 2. The van der Waals surface area contributed by atoms with E-state index in [1.165, 1.54) is 21.3 Å². The molecule has 3 rings (SSSR count). The van der Waals surface area contributed by atoms with E-state index in [1.54, 1.807) is 19.1 Å². The van der Waals surface area contributed by atoms with E-state index in [1.807, 2.05) is 6.92 Å². The van der Waals surface area contributed by atoms with E-state index < -0.39 is 11.9 Å². The number of ether oxygens (including phenoxy) is 4. The molecule has 7 heteroatoms. The smallest absolute Gasteiger partial charge is 0.336 e. The second-order valence-corrected chi connectivity index (χ2v) is 6.94. The van der Waals surface area contributed by atoms with Crippen molar-refractivity contribution in [3.63, 3.8) is 0 Å². The summed E-state index contributed by atoms with van der Waals surface area (Å²) in [6.07, 6.45) is 2.00. The van der Waals surface area contributed by atoms with Gasteiger partial charge in [0.2, 0.25) is 5.75 Å². The Morgan fingerprint density at radius 2 is 1.76 bits per heavy atom. The standard InChI is InChI=1S/C22H27NO6/c1-6-29-22(25)18-12(2)23-14-8-7-9-15(24)20(14)19(18)13-10-16(26-3)21(28-5)17(11-13)27-4/h10-11,19,23H,6-9H2,1-5H3/t19-/m1/s1. The molecule has 0 fully saturated rings. The molecule has 0 radical (unpaired) electrons. The van der Waals surface area contributed by atoms with Crippen LogP contribution in [0, 0.1) is 0 Å². The Kier molecular flexibility index (Phi) is 6.15. The molecule has 1 aliphatic carbocycles. The molecule has 1 aromatic carbocycles. The van der Waals surface area contributed by atoms with Crippen molar-refractivity contribution in [2.75, 3.05) is 27.9 Å². The maximum Gasteiger partial charge on any atom is 0.336 e. The molecule has 0 aromatic heterocycles. The summed E-state index contributed by atoms with van der Waals surface area (Å²) in [5, 5.41) is 3.27. The predicted octanol–water partition coefficient (Wildman–Crippen LogP) is 3.24. The highest BCUT2D eigenvalue weighted by molar-refractivity contribution is 6.03. The van der Waals surface area contributed by atoms with Crippen LogP contribution in [0.5, 0.6) is 17.2 Å². The van der Waals surface area contributed by atoms with E-state index in [0.717, 1.165) is 18.5 Å². The molecule has 2 aliphatic rings. The molecule has 0 saturated carbocycles. The minimum Gasteiger partial charge on any atom is -0.493 e. The summed E-state index contributed by atoms with van der Waals surface area (Å²) in [5.41, 5.74) is 3.31. The Labute approximate surface area is 170 Å². The van der Waals surface area contributed by atoms with Crippen LogP contribution in [0.15, 0.2) is 34.7 Å². The van der Waals surface area contributed by atoms with Gasteiger partial charge in [-0.25, -0.2) is 4.79 Å². The second-order valence-electron chi connectivity index (χ2n) is 6.94. The van der Waals surface area contributed by atoms with E-state index in [0.29, 0.717) is 46.1 Å². The number of nitrogens with one attached hydrogen (secondary N) is 1. The Balaban J connectivity index is 2.25. The van der Waals surface area contributed by atoms with Crippen molar-refractivity contribution < 1.29 is 28.5 Å². The van der Waals surface area contributed by atoms with Gasteiger partial charge in [0.05, 0.1) is 33.5 Å². The van der Waals surface area contributed by atoms with E-state index in [-0.39, 0.29) is 12.4 Å². The first-order valence-electron chi connectivity index (χ1n) is 9.67. The zero-order valence-corrected chi connectivity index (χ0v) is 17.5. The quantitative estimate of drug-likeness (QED) is 0.733. The van der Waals surface area contributed by atoms with Gasteiger partial charge in [0, 0.05) is 29.3 Å². The SMILES string of the molecule is CCOC(=O)C1=C(C)NC2=C(C(=O)CCC2)[C@@H]1c1cc(OC)c(OC)c(OC)c1. The number of esters is 1. The number of hydrogen-bond acceptors (Lipinski definition) is 7. The molecule has 1 N–H and O–H groups in total. The van der Waals surface area contributed by atoms with E-state index in [2.05, 4.69) is 5.32 Å². The van der Waals surface area contributed by atoms with Crippen LogP contribution >= 0.6 is 0 Å². The molecular weight excluding hydrogens is 374 g/mol. The first-order chi connectivity index (χ1) is 14.0. The maximum absolute atomic E-state index is 12.9. The van der Waals surface area contributed by atoms with Crippen molar-refractivity contribution in [2.24, 2.45) is 0 Å². The number of carbonyl (C=O) groups is 2. The Morgan fingerprint density at radius 1 is 1.10 bits per heavy atom. The van der Waals surface area contributed by atoms with Gasteiger partial charge in [-0.2, -0.15) is 0 Å². The highest BCUT2D eigenvalue weighted by Crippen LogP contribution is 2.47. The number of Topliss-reactive ketones (excluding diaryl/α,β-unsaturated/α-hetero) is 1. The van der Waals surface area contributed by atoms with Crippen molar-refractivity contribution in [2.45, 2.75) is 39.0 Å². The van der Waals surface area contributed by atoms with Crippen LogP contribution in [-0.4, -0.2) is 39.7 Å². The van der Waals surface area contributed by atoms with Crippen LogP contribution in [-0.2, 0) is 14.3 Å². The number of rotatable bonds is 6. The number of allylic oxidation sites excluding steroid dienone is 3. The molecule has 1 aliphatic heterocycles. The second kappa shape index (κ2) is 8.59. The van der Waals surface area contributed by atoms with Crippen molar-refractivity contribution in [3.05, 3.63) is 40.2 Å². The number of ketones is 1. The molecule has 0 bridgehead atoms. The molecule has 1 heterocycles. The lowest BCUT2D eigenvalue weighted by molar-refractivity contribution is -0.138. The monoisotopic (exact) mass is 401 g/mol. The third-order valence-electron chi connectivity index (χ3n) is 5.29. The van der Waals surface area contributed by atoms with Gasteiger partial charge in [0.15, 0.2) is 17.3 Å². The third kappa shape index (κ3) is 3.69. The first-order valence-corrected chi connectivity index (χ1v) is 9.67. The molecule has 29 heavy (non-hydrogen) atoms. The zero-order valence-electron chi connectivity index (χ0n) is 17.5. The molecule has 7 nitrogen and oxygen atoms in total. The molecule has 156 valence electrons. The summed E-state index contributed by atoms with van der Waals surface area (Å²) < 4.78 is 21.7. The van der Waals surface area contributed by atoms with Gasteiger partial charge in [0.25, 0.3) is 0 Å². The lowest BCUT2D eigenvalue weighted by Crippen LogP contribution is -2.34. The van der Waals surface area contributed by atoms with Crippen LogP contribution in [0.3, 0.4) is 0 Å². The first kappa shape index (κ1) is 20.8. The van der Waals surface area contributed by atoms with Gasteiger partial charge in [-0.3, -0.25) is 4.79 Å². The van der Waals surface area contributed by atoms with Crippen molar-refractivity contribution in [3.8, 4) is 17.2 Å². The Hall–Kier alpha value is -2.96. The van der Waals surface area contributed by atoms with Crippen LogP contribution in [0.2, 0.25) is 0 Å². The van der Waals surface area contributed by atoms with Crippen LogP contribution in [0.1, 0.15) is 44.6 Å². The predicted molar refractivity (Wildman–Crippen MR) is 107 cm³/mol. The third-order valence-corrected chi connectivity index (χ3v) is 5.29. The fourth-order valence-corrected chi connectivity index (χ4v) is 4.06. The zero-order chi connectivity index (χ0) is 21.1. The molecule has 0 spiro atoms. The summed E-state index contributed by atoms with van der Waals surface area (Å²) in [6.45, 7) is 3.84. The van der Waals surface area contributed by atoms with Gasteiger partial charge in [-0.05, 0) is 44.4 Å². The van der Waals surface area contributed by atoms with Crippen molar-refractivity contribution in [1.82, 2.24) is 5.32 Å². The minimum atomic E-state index is -0.563. The maximum atomic E-state index is 12.9. The van der Waals surface area contributed by atoms with Gasteiger partial charge >= 0.3 is 5.97 Å². The van der Waals surface area contributed by atoms with Gasteiger partial charge < -0.3 is 24.3 Å². The fourth-order valence-electron chi connectivity index (χ4n) is 4.06. The summed E-state index contributed by atoms with van der Waals surface area (Å²) in [7, 11) is 4.60. The number of benzene rings is 1. The van der Waals surface area contributed by atoms with Crippen molar-refractivity contribution in [1.29, 1.82) is 0 Å². The molecular formula is C22H27NO6. The topological polar surface area (TPSA) is 83.1 Å². The van der Waals surface area contributed by atoms with E-state index >= 15 is 0 Å². The normalized spacial score (nSPS) is 18.8. The Bertz CT molecular complexity index is 874. The van der Waals surface area contributed by atoms with Crippen molar-refractivity contribution >= 4 is 11.8 Å². The molecule has 0 amide bonds. The average Bonchev–Trinajstić information content (AvgIpc) is 2.71. The highest BCUT2D eigenvalue weighted by atomic mass is 16.5. The summed E-state index contributed by atoms with van der Waals surface area (Å²) in [4.78, 5) is 25.8.